The first-order chi connectivity index (χ1) is 18.2. The molecule has 1 N–H and O–H groups in total. The summed E-state index contributed by atoms with van der Waals surface area (Å²) in [7, 11) is 0. The van der Waals surface area contributed by atoms with Crippen LogP contribution in [-0.2, 0) is 26.2 Å². The molecule has 0 fully saturated rings. The molecule has 1 aromatic heterocycles. The lowest BCUT2D eigenvalue weighted by atomic mass is 10.1. The van der Waals surface area contributed by atoms with Gasteiger partial charge in [0.25, 0.3) is 5.91 Å². The van der Waals surface area contributed by atoms with Gasteiger partial charge in [-0.15, -0.1) is 0 Å². The van der Waals surface area contributed by atoms with Crippen molar-refractivity contribution < 1.29 is 23.4 Å². The van der Waals surface area contributed by atoms with E-state index >= 15 is 0 Å². The van der Waals surface area contributed by atoms with Crippen LogP contribution in [0.15, 0.2) is 83.5 Å². The number of nitrogens with one attached hydrogen (secondary N) is 1. The summed E-state index contributed by atoms with van der Waals surface area (Å²) in [5.74, 6) is 2.53. The van der Waals surface area contributed by atoms with Crippen molar-refractivity contribution in [3.8, 4) is 17.2 Å². The second-order valence-corrected chi connectivity index (χ2v) is 8.70. The minimum absolute atomic E-state index is 0.236. The number of hydrogen-bond acceptors (Lipinski definition) is 7. The number of hydrogen-bond donors (Lipinski definition) is 1. The van der Waals surface area contributed by atoms with Crippen LogP contribution in [0.3, 0.4) is 0 Å². The van der Waals surface area contributed by atoms with Crippen LogP contribution >= 0.6 is 0 Å². The number of aromatic nitrogens is 1. The summed E-state index contributed by atoms with van der Waals surface area (Å²) in [5.41, 5.74) is 3.47. The van der Waals surface area contributed by atoms with Gasteiger partial charge >= 0.3 is 0 Å². The molecule has 37 heavy (non-hydrogen) atoms. The van der Waals surface area contributed by atoms with Gasteiger partial charge in [0.05, 0.1) is 13.2 Å². The number of carbonyl (C=O) groups excluding carboxylic acids is 1. The highest BCUT2D eigenvalue weighted by molar-refractivity contribution is 5.91. The highest BCUT2D eigenvalue weighted by atomic mass is 16.7. The first-order valence-corrected chi connectivity index (χ1v) is 12.3. The number of oxazole rings is 1. The van der Waals surface area contributed by atoms with Gasteiger partial charge in [-0.2, -0.15) is 0 Å². The Labute approximate surface area is 215 Å². The van der Waals surface area contributed by atoms with Gasteiger partial charge in [-0.05, 0) is 47.9 Å². The van der Waals surface area contributed by atoms with E-state index in [1.165, 1.54) is 6.26 Å². The first-order valence-electron chi connectivity index (χ1n) is 12.3. The smallest absolute Gasteiger partial charge is 0.273 e. The Balaban J connectivity index is 1.28. The average molecular weight is 500 g/mol. The van der Waals surface area contributed by atoms with Crippen LogP contribution in [0.2, 0.25) is 0 Å². The molecule has 0 aliphatic carbocycles. The van der Waals surface area contributed by atoms with Crippen molar-refractivity contribution in [2.45, 2.75) is 33.1 Å². The Bertz CT molecular complexity index is 1320. The van der Waals surface area contributed by atoms with Gasteiger partial charge in [0.1, 0.15) is 12.0 Å². The van der Waals surface area contributed by atoms with Crippen LogP contribution in [0.5, 0.6) is 17.2 Å². The molecule has 0 saturated heterocycles. The van der Waals surface area contributed by atoms with Gasteiger partial charge in [-0.1, -0.05) is 48.5 Å². The van der Waals surface area contributed by atoms with E-state index in [-0.39, 0.29) is 18.4 Å². The van der Waals surface area contributed by atoms with Crippen LogP contribution in [-0.4, -0.2) is 29.2 Å². The second-order valence-electron chi connectivity index (χ2n) is 8.70. The molecule has 0 spiro atoms. The Kier molecular flexibility index (Phi) is 7.66. The molecule has 0 unspecified atom stereocenters. The highest BCUT2D eigenvalue weighted by Gasteiger charge is 2.18. The van der Waals surface area contributed by atoms with E-state index in [4.69, 9.17) is 18.6 Å². The van der Waals surface area contributed by atoms with Crippen molar-refractivity contribution in [1.82, 2.24) is 15.2 Å². The molecule has 1 aliphatic heterocycles. The van der Waals surface area contributed by atoms with Crippen molar-refractivity contribution in [3.63, 3.8) is 0 Å². The number of ether oxygens (including phenoxy) is 3. The molecule has 1 aliphatic rings. The minimum atomic E-state index is -0.271. The molecule has 4 aromatic rings. The van der Waals surface area contributed by atoms with Crippen molar-refractivity contribution in [1.29, 1.82) is 0 Å². The van der Waals surface area contributed by atoms with E-state index in [2.05, 4.69) is 27.3 Å². The lowest BCUT2D eigenvalue weighted by Crippen LogP contribution is -2.24. The molecular weight excluding hydrogens is 470 g/mol. The molecule has 0 radical (unpaired) electrons. The fraction of sp³-hybridized carbons (Fsp3) is 0.241. The van der Waals surface area contributed by atoms with Crippen molar-refractivity contribution in [2.75, 3.05) is 13.4 Å². The normalized spacial score (nSPS) is 12.1. The number of amides is 1. The fourth-order valence-corrected chi connectivity index (χ4v) is 4.13. The predicted octanol–water partition coefficient (Wildman–Crippen LogP) is 4.93. The summed E-state index contributed by atoms with van der Waals surface area (Å²) in [5, 5.41) is 2.89. The second kappa shape index (κ2) is 11.6. The number of rotatable bonds is 11. The third kappa shape index (κ3) is 6.48. The zero-order valence-corrected chi connectivity index (χ0v) is 20.7. The number of fused-ring (bicyclic) bond motifs is 1. The standard InChI is InChI=1S/C29H29N3O5/c1-2-34-24-11-8-22(9-12-24)16-32(17-23-10-13-26-27(14-23)37-20-36-26)18-28-31-25(19-35-28)29(33)30-15-21-6-4-3-5-7-21/h3-14,19H,2,15-18,20H2,1H3,(H,30,33). The van der Waals surface area contributed by atoms with Crippen molar-refractivity contribution >= 4 is 5.91 Å². The van der Waals surface area contributed by atoms with E-state index in [1.807, 2.05) is 67.6 Å². The average Bonchev–Trinajstić information content (AvgIpc) is 3.59. The number of carbonyl (C=O) groups is 1. The largest absolute Gasteiger partial charge is 0.494 e. The molecule has 5 rings (SSSR count). The Morgan fingerprint density at radius 3 is 2.49 bits per heavy atom. The summed E-state index contributed by atoms with van der Waals surface area (Å²) < 4.78 is 22.3. The third-order valence-electron chi connectivity index (χ3n) is 5.92. The topological polar surface area (TPSA) is 86.1 Å². The third-order valence-corrected chi connectivity index (χ3v) is 5.92. The maximum absolute atomic E-state index is 12.6. The van der Waals surface area contributed by atoms with Crippen LogP contribution in [0.1, 0.15) is 40.0 Å². The van der Waals surface area contributed by atoms with Gasteiger partial charge in [-0.25, -0.2) is 4.98 Å². The molecule has 8 nitrogen and oxygen atoms in total. The van der Waals surface area contributed by atoms with Crippen LogP contribution in [0, 0.1) is 0 Å². The van der Waals surface area contributed by atoms with E-state index < -0.39 is 0 Å². The van der Waals surface area contributed by atoms with Gasteiger partial charge in [0, 0.05) is 19.6 Å². The Morgan fingerprint density at radius 1 is 0.919 bits per heavy atom. The van der Waals surface area contributed by atoms with Crippen molar-refractivity contribution in [2.24, 2.45) is 0 Å². The van der Waals surface area contributed by atoms with Gasteiger partial charge in [-0.3, -0.25) is 9.69 Å². The zero-order valence-electron chi connectivity index (χ0n) is 20.7. The molecule has 2 heterocycles. The summed E-state index contributed by atoms with van der Waals surface area (Å²) in [6.45, 7) is 4.96. The summed E-state index contributed by atoms with van der Waals surface area (Å²) in [6.07, 6.45) is 1.41. The van der Waals surface area contributed by atoms with E-state index in [1.54, 1.807) is 0 Å². The van der Waals surface area contributed by atoms with Gasteiger partial charge < -0.3 is 23.9 Å². The van der Waals surface area contributed by atoms with Crippen LogP contribution < -0.4 is 19.5 Å². The quantitative estimate of drug-likeness (QED) is 0.313. The monoisotopic (exact) mass is 499 g/mol. The maximum Gasteiger partial charge on any atom is 0.273 e. The fourth-order valence-electron chi connectivity index (χ4n) is 4.13. The molecule has 190 valence electrons. The molecule has 1 amide bonds. The van der Waals surface area contributed by atoms with Crippen LogP contribution in [0.25, 0.3) is 0 Å². The van der Waals surface area contributed by atoms with Crippen molar-refractivity contribution in [3.05, 3.63) is 107 Å². The Morgan fingerprint density at radius 2 is 1.68 bits per heavy atom. The number of nitrogens with zero attached hydrogens (tertiary/aromatic N) is 2. The highest BCUT2D eigenvalue weighted by Crippen LogP contribution is 2.33. The molecule has 0 bridgehead atoms. The van der Waals surface area contributed by atoms with E-state index in [0.717, 1.165) is 33.9 Å². The van der Waals surface area contributed by atoms with E-state index in [0.29, 0.717) is 38.7 Å². The zero-order chi connectivity index (χ0) is 25.5. The first kappa shape index (κ1) is 24.4. The molecule has 8 heteroatoms. The van der Waals surface area contributed by atoms with E-state index in [9.17, 15) is 4.79 Å². The Hall–Kier alpha value is -4.30. The summed E-state index contributed by atoms with van der Waals surface area (Å²) >= 11 is 0. The SMILES string of the molecule is CCOc1ccc(CN(Cc2ccc3c(c2)OCO3)Cc2nc(C(=O)NCc3ccccc3)co2)cc1. The maximum atomic E-state index is 12.6. The van der Waals surface area contributed by atoms with Gasteiger partial charge in [0.15, 0.2) is 17.2 Å². The molecule has 0 atom stereocenters. The van der Waals surface area contributed by atoms with Crippen LogP contribution in [0.4, 0.5) is 0 Å². The molecule has 0 saturated carbocycles. The summed E-state index contributed by atoms with van der Waals surface area (Å²) in [4.78, 5) is 19.3. The lowest BCUT2D eigenvalue weighted by Gasteiger charge is -2.21. The predicted molar refractivity (Wildman–Crippen MR) is 137 cm³/mol. The van der Waals surface area contributed by atoms with Gasteiger partial charge in [0.2, 0.25) is 12.7 Å². The molecule has 3 aromatic carbocycles. The summed E-state index contributed by atoms with van der Waals surface area (Å²) in [6, 6.07) is 23.7. The molecular formula is C29H29N3O5. The number of benzene rings is 3. The minimum Gasteiger partial charge on any atom is -0.494 e. The lowest BCUT2D eigenvalue weighted by molar-refractivity contribution is 0.0945.